The third-order valence-corrected chi connectivity index (χ3v) is 11.3. The summed E-state index contributed by atoms with van der Waals surface area (Å²) in [5, 5.41) is 8.79. The molecule has 0 saturated heterocycles. The molecule has 6 heteroatoms. The highest BCUT2D eigenvalue weighted by Crippen LogP contribution is 2.44. The molecule has 4 heterocycles. The molecule has 11 rings (SSSR count). The van der Waals surface area contributed by atoms with Gasteiger partial charge in [-0.3, -0.25) is 0 Å². The molecule has 0 unspecified atom stereocenters. The van der Waals surface area contributed by atoms with E-state index in [0.717, 1.165) is 76.9 Å². The first-order valence-electron chi connectivity index (χ1n) is 16.3. The zero-order valence-electron chi connectivity index (χ0n) is 26.3. The van der Waals surface area contributed by atoms with Crippen molar-refractivity contribution in [1.29, 1.82) is 0 Å². The van der Waals surface area contributed by atoms with Gasteiger partial charge < -0.3 is 13.6 Å². The molecule has 7 aromatic carbocycles. The molecular weight excluding hydrogens is 633 g/mol. The summed E-state index contributed by atoms with van der Waals surface area (Å²) in [7, 11) is 0. The topological polar surface area (TPSA) is 31.7 Å². The molecule has 0 radical (unpaired) electrons. The number of benzene rings is 7. The van der Waals surface area contributed by atoms with E-state index < -0.39 is 0 Å². The van der Waals surface area contributed by atoms with Crippen LogP contribution >= 0.6 is 11.3 Å². The van der Waals surface area contributed by atoms with Crippen molar-refractivity contribution < 1.29 is 4.42 Å². The zero-order valence-corrected chi connectivity index (χ0v) is 27.1. The van der Waals surface area contributed by atoms with Gasteiger partial charge in [0.05, 0.1) is 35.2 Å². The summed E-state index contributed by atoms with van der Waals surface area (Å²) >= 11 is 1.80. The average molecular weight is 655 g/mol. The van der Waals surface area contributed by atoms with Crippen LogP contribution < -0.4 is 0 Å². The fraction of sp³-hybridized carbons (Fsp3) is 0. The summed E-state index contributed by atoms with van der Waals surface area (Å²) in [5.41, 5.74) is 9.35. The minimum absolute atomic E-state index is 0.604. The highest BCUT2D eigenvalue weighted by atomic mass is 32.1. The molecule has 0 saturated carbocycles. The number of rotatable bonds is 2. The quantitative estimate of drug-likeness (QED) is 0.171. The minimum Gasteiger partial charge on any atom is -0.455 e. The van der Waals surface area contributed by atoms with Gasteiger partial charge in [-0.05, 0) is 90.3 Å². The summed E-state index contributed by atoms with van der Waals surface area (Å²) in [6.07, 6.45) is 0. The van der Waals surface area contributed by atoms with E-state index in [1.165, 1.54) is 20.2 Å². The molecule has 11 aromatic rings. The second kappa shape index (κ2) is 9.84. The highest BCUT2D eigenvalue weighted by molar-refractivity contribution is 7.25. The Balaban J connectivity index is 1.18. The Kier molecular flexibility index (Phi) is 5.34. The predicted molar refractivity (Wildman–Crippen MR) is 208 cm³/mol. The Morgan fingerprint density at radius 3 is 1.76 bits per heavy atom. The lowest BCUT2D eigenvalue weighted by Crippen LogP contribution is -1.94. The third kappa shape index (κ3) is 3.58. The molecule has 0 aliphatic rings. The highest BCUT2D eigenvalue weighted by Gasteiger charge is 2.20. The molecule has 0 bridgehead atoms. The summed E-state index contributed by atoms with van der Waals surface area (Å²) in [6, 6.07) is 46.3. The number of nitrogens with zero attached hydrogens (tertiary/aromatic N) is 4. The first kappa shape index (κ1) is 27.1. The van der Waals surface area contributed by atoms with Crippen LogP contribution in [0.4, 0.5) is 11.4 Å². The van der Waals surface area contributed by atoms with Crippen molar-refractivity contribution in [1.82, 2.24) is 9.13 Å². The van der Waals surface area contributed by atoms with Gasteiger partial charge in [0.15, 0.2) is 11.4 Å². The second-order valence-corrected chi connectivity index (χ2v) is 13.8. The molecule has 0 amide bonds. The summed E-state index contributed by atoms with van der Waals surface area (Å²) in [4.78, 5) is 7.47. The Morgan fingerprint density at radius 1 is 0.460 bits per heavy atom. The number of fused-ring (bicyclic) bond motifs is 13. The maximum absolute atomic E-state index is 7.76. The number of furan rings is 1. The Hall–Kier alpha value is -6.86. The molecule has 0 atom stereocenters. The van der Waals surface area contributed by atoms with Crippen LogP contribution in [0.25, 0.3) is 107 Å². The predicted octanol–water partition coefficient (Wildman–Crippen LogP) is 13.2. The molecule has 50 heavy (non-hydrogen) atoms. The SMILES string of the molecule is [C-]#[N+]c1ccc2c(c1)c1ccccc1n2-c1ccc2sc3ccc(-n4c5ccc([N+]#[C-])cc5c5c6oc7ccccc7c6ccc54)cc3c2c1. The molecule has 0 aliphatic heterocycles. The van der Waals surface area contributed by atoms with Gasteiger partial charge in [0.2, 0.25) is 0 Å². The van der Waals surface area contributed by atoms with Crippen LogP contribution in [0.15, 0.2) is 138 Å². The van der Waals surface area contributed by atoms with E-state index in [1.54, 1.807) is 11.3 Å². The summed E-state index contributed by atoms with van der Waals surface area (Å²) in [6.45, 7) is 15.3. The molecular formula is C44H22N4OS. The van der Waals surface area contributed by atoms with Gasteiger partial charge in [-0.25, -0.2) is 9.69 Å². The second-order valence-electron chi connectivity index (χ2n) is 12.7. The van der Waals surface area contributed by atoms with E-state index in [9.17, 15) is 0 Å². The number of thiophene rings is 1. The van der Waals surface area contributed by atoms with E-state index in [2.05, 4.69) is 110 Å². The maximum atomic E-state index is 7.76. The molecule has 0 fully saturated rings. The van der Waals surface area contributed by atoms with Crippen molar-refractivity contribution in [3.8, 4) is 11.4 Å². The smallest absolute Gasteiger partial charge is 0.188 e. The minimum atomic E-state index is 0.604. The van der Waals surface area contributed by atoms with E-state index in [4.69, 9.17) is 17.6 Å². The molecule has 4 aromatic heterocycles. The first-order valence-corrected chi connectivity index (χ1v) is 17.1. The molecule has 0 aliphatic carbocycles. The van der Waals surface area contributed by atoms with Gasteiger partial charge in [0.25, 0.3) is 0 Å². The fourth-order valence-electron chi connectivity index (χ4n) is 7.96. The number of hydrogen-bond acceptors (Lipinski definition) is 2. The zero-order chi connectivity index (χ0) is 33.1. The van der Waals surface area contributed by atoms with Crippen molar-refractivity contribution in [2.45, 2.75) is 0 Å². The summed E-state index contributed by atoms with van der Waals surface area (Å²) in [5.74, 6) is 0. The molecule has 230 valence electrons. The lowest BCUT2D eigenvalue weighted by atomic mass is 10.1. The van der Waals surface area contributed by atoms with Crippen molar-refractivity contribution >= 4 is 108 Å². The van der Waals surface area contributed by atoms with Gasteiger partial charge >= 0.3 is 0 Å². The van der Waals surface area contributed by atoms with Gasteiger partial charge in [-0.15, -0.1) is 11.3 Å². The van der Waals surface area contributed by atoms with Crippen molar-refractivity contribution in [2.24, 2.45) is 0 Å². The van der Waals surface area contributed by atoms with Crippen LogP contribution in [0.1, 0.15) is 0 Å². The van der Waals surface area contributed by atoms with E-state index >= 15 is 0 Å². The van der Waals surface area contributed by atoms with Crippen LogP contribution in [0, 0.1) is 13.1 Å². The number of para-hydroxylation sites is 2. The van der Waals surface area contributed by atoms with E-state index in [0.29, 0.717) is 11.4 Å². The van der Waals surface area contributed by atoms with Crippen molar-refractivity contribution in [3.05, 3.63) is 156 Å². The van der Waals surface area contributed by atoms with Gasteiger partial charge in [-0.2, -0.15) is 0 Å². The monoisotopic (exact) mass is 654 g/mol. The fourth-order valence-corrected chi connectivity index (χ4v) is 9.03. The normalized spacial score (nSPS) is 12.0. The number of aromatic nitrogens is 2. The van der Waals surface area contributed by atoms with Gasteiger partial charge in [0.1, 0.15) is 11.2 Å². The van der Waals surface area contributed by atoms with E-state index in [-0.39, 0.29) is 0 Å². The molecule has 5 nitrogen and oxygen atoms in total. The number of hydrogen-bond donors (Lipinski definition) is 0. The first-order chi connectivity index (χ1) is 24.7. The standard InChI is InChI=1S/C44H22N4OS/c1-45-25-11-16-37-32(21-25)29-7-3-5-9-36(29)47(37)27-13-19-41-33(23-27)34-24-28(14-20-42(34)50-41)48-38-17-12-26(46-2)22-35(38)43-39(48)18-15-31-30-8-4-6-10-40(30)49-44(31)43/h3-24H. The lowest BCUT2D eigenvalue weighted by Gasteiger charge is -2.10. The van der Waals surface area contributed by atoms with Gasteiger partial charge in [-0.1, -0.05) is 48.5 Å². The van der Waals surface area contributed by atoms with Crippen LogP contribution in [-0.2, 0) is 0 Å². The Labute approximate surface area is 288 Å². The van der Waals surface area contributed by atoms with Crippen LogP contribution in [0.2, 0.25) is 0 Å². The summed E-state index contributed by atoms with van der Waals surface area (Å²) < 4.78 is 13.6. The Morgan fingerprint density at radius 2 is 1.04 bits per heavy atom. The molecule has 0 spiro atoms. The van der Waals surface area contributed by atoms with Crippen molar-refractivity contribution in [3.63, 3.8) is 0 Å². The van der Waals surface area contributed by atoms with Gasteiger partial charge in [0, 0.05) is 58.5 Å². The maximum Gasteiger partial charge on any atom is 0.188 e. The van der Waals surface area contributed by atoms with Crippen LogP contribution in [-0.4, -0.2) is 9.13 Å². The van der Waals surface area contributed by atoms with E-state index in [1.807, 2.05) is 42.5 Å². The van der Waals surface area contributed by atoms with Crippen LogP contribution in [0.5, 0.6) is 0 Å². The molecule has 0 N–H and O–H groups in total. The largest absolute Gasteiger partial charge is 0.455 e. The average Bonchev–Trinajstić information content (AvgIpc) is 3.91. The lowest BCUT2D eigenvalue weighted by molar-refractivity contribution is 0.673. The van der Waals surface area contributed by atoms with Crippen molar-refractivity contribution in [2.75, 3.05) is 0 Å². The van der Waals surface area contributed by atoms with Crippen LogP contribution in [0.3, 0.4) is 0 Å². The third-order valence-electron chi connectivity index (χ3n) is 10.1. The Bertz CT molecular complexity index is 3360.